The van der Waals surface area contributed by atoms with Gasteiger partial charge >= 0.3 is 0 Å². The molecule has 4 aromatic heterocycles. The Kier molecular flexibility index (Phi) is 5.99. The summed E-state index contributed by atoms with van der Waals surface area (Å²) in [6.45, 7) is 0. The zero-order valence-electron chi connectivity index (χ0n) is 24.6. The van der Waals surface area contributed by atoms with Gasteiger partial charge < -0.3 is 4.57 Å². The number of nitrogens with zero attached hydrogens (tertiary/aromatic N) is 7. The van der Waals surface area contributed by atoms with Gasteiger partial charge in [-0.05, 0) is 30.3 Å². The lowest BCUT2D eigenvalue weighted by molar-refractivity contribution is 0.987. The minimum absolute atomic E-state index is 0.470. The van der Waals surface area contributed by atoms with E-state index in [1.807, 2.05) is 103 Å². The molecule has 7 nitrogen and oxygen atoms in total. The fraction of sp³-hybridized carbons (Fsp3) is 0. The van der Waals surface area contributed by atoms with Gasteiger partial charge in [0, 0.05) is 33.8 Å². The van der Waals surface area contributed by atoms with Gasteiger partial charge in [-0.25, -0.2) is 24.9 Å². The third-order valence-electron chi connectivity index (χ3n) is 8.25. The second kappa shape index (κ2) is 10.6. The van der Waals surface area contributed by atoms with Gasteiger partial charge in [0.2, 0.25) is 5.95 Å². The molecule has 0 fully saturated rings. The maximum atomic E-state index is 5.32. The molecular formula is C39H25N7. The third kappa shape index (κ3) is 4.25. The van der Waals surface area contributed by atoms with Crippen LogP contribution in [0.1, 0.15) is 0 Å². The Labute approximate surface area is 264 Å². The highest BCUT2D eigenvalue weighted by Gasteiger charge is 2.22. The molecule has 0 atom stereocenters. The van der Waals surface area contributed by atoms with Crippen molar-refractivity contribution in [2.24, 2.45) is 0 Å². The number of rotatable bonds is 5. The van der Waals surface area contributed by atoms with Gasteiger partial charge in [0.15, 0.2) is 17.5 Å². The van der Waals surface area contributed by atoms with Gasteiger partial charge in [0.05, 0.1) is 16.6 Å². The molecule has 0 bridgehead atoms. The first kappa shape index (κ1) is 26.0. The van der Waals surface area contributed by atoms with Crippen LogP contribution >= 0.6 is 0 Å². The Balaban J connectivity index is 1.38. The average Bonchev–Trinajstić information content (AvgIpc) is 3.72. The Bertz CT molecular complexity index is 2410. The van der Waals surface area contributed by atoms with Crippen molar-refractivity contribution in [1.82, 2.24) is 34.1 Å². The highest BCUT2D eigenvalue weighted by molar-refractivity contribution is 6.09. The van der Waals surface area contributed by atoms with Gasteiger partial charge in [-0.2, -0.15) is 0 Å². The van der Waals surface area contributed by atoms with E-state index in [0.717, 1.165) is 49.7 Å². The van der Waals surface area contributed by atoms with Gasteiger partial charge in [0.1, 0.15) is 11.2 Å². The number of fused-ring (bicyclic) bond motifs is 4. The molecule has 0 radical (unpaired) electrons. The largest absolute Gasteiger partial charge is 0.313 e. The summed E-state index contributed by atoms with van der Waals surface area (Å²) in [6.07, 6.45) is 2.03. The van der Waals surface area contributed by atoms with Gasteiger partial charge in [-0.3, -0.25) is 4.57 Å². The molecule has 5 aromatic carbocycles. The molecule has 4 heterocycles. The molecule has 0 spiro atoms. The van der Waals surface area contributed by atoms with E-state index in [1.165, 1.54) is 0 Å². The van der Waals surface area contributed by atoms with Crippen molar-refractivity contribution in [3.05, 3.63) is 152 Å². The predicted molar refractivity (Wildman–Crippen MR) is 183 cm³/mol. The van der Waals surface area contributed by atoms with E-state index in [2.05, 4.69) is 57.7 Å². The van der Waals surface area contributed by atoms with Crippen LogP contribution in [0.3, 0.4) is 0 Å². The number of hydrogen-bond donors (Lipinski definition) is 0. The van der Waals surface area contributed by atoms with E-state index in [9.17, 15) is 0 Å². The van der Waals surface area contributed by atoms with E-state index in [4.69, 9.17) is 24.9 Å². The van der Waals surface area contributed by atoms with Crippen molar-refractivity contribution in [2.45, 2.75) is 0 Å². The van der Waals surface area contributed by atoms with Crippen molar-refractivity contribution in [3.8, 4) is 45.9 Å². The molecule has 216 valence electrons. The summed E-state index contributed by atoms with van der Waals surface area (Å²) < 4.78 is 4.24. The average molecular weight is 592 g/mol. The summed E-state index contributed by atoms with van der Waals surface area (Å²) in [6, 6.07) is 49.0. The molecule has 0 N–H and O–H groups in total. The normalized spacial score (nSPS) is 11.5. The van der Waals surface area contributed by atoms with Crippen molar-refractivity contribution < 1.29 is 0 Å². The first-order chi connectivity index (χ1) is 22.8. The highest BCUT2D eigenvalue weighted by Crippen LogP contribution is 2.34. The zero-order valence-corrected chi connectivity index (χ0v) is 24.6. The molecule has 0 aliphatic rings. The molecule has 9 aromatic rings. The molecule has 7 heteroatoms. The van der Waals surface area contributed by atoms with Crippen molar-refractivity contribution in [1.29, 1.82) is 0 Å². The Morgan fingerprint density at radius 3 is 1.50 bits per heavy atom. The minimum Gasteiger partial charge on any atom is -0.313 e. The SMILES string of the molecule is c1ccc(-c2nc(-c3ccccc3)nc(-c3nc(-n4c5ccccc5c5ccccc54)nc4ccn(-c5ccccc5)c34)n2)cc1. The summed E-state index contributed by atoms with van der Waals surface area (Å²) in [5.41, 5.74) is 7.07. The predicted octanol–water partition coefficient (Wildman–Crippen LogP) is 8.70. The topological polar surface area (TPSA) is 74.3 Å². The lowest BCUT2D eigenvalue weighted by atomic mass is 10.2. The molecule has 9 rings (SSSR count). The molecular weight excluding hydrogens is 566 g/mol. The van der Waals surface area contributed by atoms with Crippen LogP contribution < -0.4 is 0 Å². The number of hydrogen-bond acceptors (Lipinski definition) is 5. The van der Waals surface area contributed by atoms with Crippen molar-refractivity contribution in [3.63, 3.8) is 0 Å². The smallest absolute Gasteiger partial charge is 0.236 e. The van der Waals surface area contributed by atoms with E-state index in [1.54, 1.807) is 0 Å². The van der Waals surface area contributed by atoms with Crippen LogP contribution in [0.5, 0.6) is 0 Å². The Morgan fingerprint density at radius 1 is 0.413 bits per heavy atom. The summed E-state index contributed by atoms with van der Waals surface area (Å²) in [5, 5.41) is 2.28. The van der Waals surface area contributed by atoms with Crippen LogP contribution in [0, 0.1) is 0 Å². The van der Waals surface area contributed by atoms with Crippen LogP contribution in [-0.4, -0.2) is 34.1 Å². The Morgan fingerprint density at radius 2 is 0.913 bits per heavy atom. The van der Waals surface area contributed by atoms with E-state index in [0.29, 0.717) is 29.1 Å². The summed E-state index contributed by atoms with van der Waals surface area (Å²) in [7, 11) is 0. The number of benzene rings is 5. The molecule has 46 heavy (non-hydrogen) atoms. The molecule has 0 unspecified atom stereocenters. The minimum atomic E-state index is 0.470. The molecule has 0 aliphatic carbocycles. The van der Waals surface area contributed by atoms with Crippen LogP contribution in [0.25, 0.3) is 78.8 Å². The maximum absolute atomic E-state index is 5.32. The van der Waals surface area contributed by atoms with E-state index >= 15 is 0 Å². The summed E-state index contributed by atoms with van der Waals surface area (Å²) in [5.74, 6) is 2.17. The van der Waals surface area contributed by atoms with Gasteiger partial charge in [-0.15, -0.1) is 0 Å². The monoisotopic (exact) mass is 591 g/mol. The summed E-state index contributed by atoms with van der Waals surface area (Å²) in [4.78, 5) is 25.6. The van der Waals surface area contributed by atoms with Crippen LogP contribution in [-0.2, 0) is 0 Å². The number of para-hydroxylation sites is 3. The quantitative estimate of drug-likeness (QED) is 0.200. The zero-order chi connectivity index (χ0) is 30.5. The lowest BCUT2D eigenvalue weighted by Gasteiger charge is -2.13. The standard InChI is InChI=1S/C39H25N7/c1-4-14-26(15-5-1)36-42-37(27-16-6-2-7-17-27)44-38(43-36)34-35-31(24-25-45(35)28-18-8-3-9-19-28)40-39(41-34)46-32-22-12-10-20-29(32)30-21-11-13-23-33(30)46/h1-25H. The first-order valence-corrected chi connectivity index (χ1v) is 15.1. The van der Waals surface area contributed by atoms with Gasteiger partial charge in [-0.1, -0.05) is 115 Å². The fourth-order valence-corrected chi connectivity index (χ4v) is 6.15. The van der Waals surface area contributed by atoms with Crippen molar-refractivity contribution >= 4 is 32.8 Å². The molecule has 0 saturated heterocycles. The lowest BCUT2D eigenvalue weighted by Crippen LogP contribution is -2.07. The second-order valence-electron chi connectivity index (χ2n) is 11.0. The van der Waals surface area contributed by atoms with Crippen molar-refractivity contribution in [2.75, 3.05) is 0 Å². The van der Waals surface area contributed by atoms with E-state index < -0.39 is 0 Å². The van der Waals surface area contributed by atoms with Crippen LogP contribution in [0.4, 0.5) is 0 Å². The van der Waals surface area contributed by atoms with E-state index in [-0.39, 0.29) is 0 Å². The molecule has 0 aliphatic heterocycles. The van der Waals surface area contributed by atoms with Crippen LogP contribution in [0.15, 0.2) is 152 Å². The second-order valence-corrected chi connectivity index (χ2v) is 11.0. The molecule has 0 amide bonds. The van der Waals surface area contributed by atoms with Gasteiger partial charge in [0.25, 0.3) is 0 Å². The first-order valence-electron chi connectivity index (χ1n) is 15.1. The fourth-order valence-electron chi connectivity index (χ4n) is 6.15. The third-order valence-corrected chi connectivity index (χ3v) is 8.25. The Hall–Kier alpha value is -6.47. The van der Waals surface area contributed by atoms with Crippen LogP contribution in [0.2, 0.25) is 0 Å². The maximum Gasteiger partial charge on any atom is 0.236 e. The highest BCUT2D eigenvalue weighted by atomic mass is 15.2. The summed E-state index contributed by atoms with van der Waals surface area (Å²) >= 11 is 0. The molecule has 0 saturated carbocycles. The number of aromatic nitrogens is 7.